The Labute approximate surface area is 136 Å². The average Bonchev–Trinajstić information content (AvgIpc) is 3.34. The molecule has 3 heteroatoms. The summed E-state index contributed by atoms with van der Waals surface area (Å²) in [6.07, 6.45) is 11.1. The van der Waals surface area contributed by atoms with Crippen LogP contribution in [0.4, 0.5) is 0 Å². The molecule has 0 aromatic heterocycles. The molecular weight excluding hydrogens is 272 g/mol. The number of amides is 1. The zero-order valence-electron chi connectivity index (χ0n) is 14.6. The van der Waals surface area contributed by atoms with Crippen molar-refractivity contribution in [3.63, 3.8) is 0 Å². The lowest BCUT2D eigenvalue weighted by Gasteiger charge is -2.47. The molecule has 1 spiro atoms. The van der Waals surface area contributed by atoms with Crippen LogP contribution in [-0.2, 0) is 4.79 Å². The molecule has 1 saturated carbocycles. The molecule has 0 N–H and O–H groups in total. The van der Waals surface area contributed by atoms with Crippen LogP contribution >= 0.6 is 0 Å². The Hall–Kier alpha value is -0.570. The topological polar surface area (TPSA) is 23.6 Å². The highest BCUT2D eigenvalue weighted by Crippen LogP contribution is 2.41. The first-order valence-electron chi connectivity index (χ1n) is 9.59. The van der Waals surface area contributed by atoms with Gasteiger partial charge in [0.2, 0.25) is 5.91 Å². The van der Waals surface area contributed by atoms with Crippen molar-refractivity contribution in [2.75, 3.05) is 32.7 Å². The maximum Gasteiger partial charge on any atom is 0.225 e. The Bertz CT molecular complexity index is 371. The van der Waals surface area contributed by atoms with Crippen molar-refractivity contribution in [2.45, 2.75) is 65.2 Å². The predicted octanol–water partition coefficient (Wildman–Crippen LogP) is 3.54. The summed E-state index contributed by atoms with van der Waals surface area (Å²) in [5.41, 5.74) is 0.556. The molecule has 3 fully saturated rings. The zero-order chi connectivity index (χ0) is 15.6. The van der Waals surface area contributed by atoms with Gasteiger partial charge in [-0.25, -0.2) is 0 Å². The number of hydrogen-bond acceptors (Lipinski definition) is 2. The molecule has 2 heterocycles. The van der Waals surface area contributed by atoms with Gasteiger partial charge in [0, 0.05) is 19.0 Å². The third kappa shape index (κ3) is 4.04. The number of likely N-dealkylation sites (tertiary alicyclic amines) is 2. The summed E-state index contributed by atoms with van der Waals surface area (Å²) >= 11 is 0. The van der Waals surface area contributed by atoms with Gasteiger partial charge in [-0.15, -0.1) is 0 Å². The van der Waals surface area contributed by atoms with E-state index in [9.17, 15) is 4.79 Å². The second-order valence-corrected chi connectivity index (χ2v) is 8.41. The summed E-state index contributed by atoms with van der Waals surface area (Å²) in [5, 5.41) is 0. The minimum atomic E-state index is 0.155. The largest absolute Gasteiger partial charge is 0.342 e. The Kier molecular flexibility index (Phi) is 5.11. The molecule has 0 aromatic carbocycles. The Morgan fingerprint density at radius 3 is 2.18 bits per heavy atom. The number of nitrogens with zero attached hydrogens (tertiary/aromatic N) is 2. The van der Waals surface area contributed by atoms with Crippen LogP contribution in [0.5, 0.6) is 0 Å². The molecule has 22 heavy (non-hydrogen) atoms. The van der Waals surface area contributed by atoms with Crippen molar-refractivity contribution >= 4 is 5.91 Å². The third-order valence-electron chi connectivity index (χ3n) is 6.33. The predicted molar refractivity (Wildman–Crippen MR) is 90.7 cm³/mol. The van der Waals surface area contributed by atoms with E-state index in [0.717, 1.165) is 19.0 Å². The summed E-state index contributed by atoms with van der Waals surface area (Å²) in [6.45, 7) is 9.95. The molecule has 0 radical (unpaired) electrons. The highest BCUT2D eigenvalue weighted by atomic mass is 16.2. The van der Waals surface area contributed by atoms with Gasteiger partial charge in [-0.3, -0.25) is 4.79 Å². The average molecular weight is 306 g/mol. The van der Waals surface area contributed by atoms with Crippen LogP contribution in [0, 0.1) is 17.3 Å². The lowest BCUT2D eigenvalue weighted by Crippen LogP contribution is -2.49. The molecule has 1 amide bonds. The molecular formula is C19H34N2O. The fourth-order valence-corrected chi connectivity index (χ4v) is 4.33. The van der Waals surface area contributed by atoms with Crippen LogP contribution in [-0.4, -0.2) is 48.4 Å². The van der Waals surface area contributed by atoms with Gasteiger partial charge in [-0.05, 0) is 69.5 Å². The van der Waals surface area contributed by atoms with E-state index in [1.807, 2.05) is 13.8 Å². The number of rotatable bonds is 5. The van der Waals surface area contributed by atoms with Crippen molar-refractivity contribution in [1.29, 1.82) is 0 Å². The second kappa shape index (κ2) is 6.90. The van der Waals surface area contributed by atoms with Crippen LogP contribution in [0.15, 0.2) is 0 Å². The van der Waals surface area contributed by atoms with Crippen LogP contribution in [0.1, 0.15) is 65.2 Å². The maximum atomic E-state index is 12.1. The lowest BCUT2D eigenvalue weighted by molar-refractivity contribution is -0.137. The van der Waals surface area contributed by atoms with Gasteiger partial charge in [0.1, 0.15) is 0 Å². The Morgan fingerprint density at radius 1 is 1.05 bits per heavy atom. The summed E-state index contributed by atoms with van der Waals surface area (Å²) in [5.74, 6) is 1.59. The van der Waals surface area contributed by atoms with Crippen molar-refractivity contribution in [3.05, 3.63) is 0 Å². The molecule has 0 bridgehead atoms. The second-order valence-electron chi connectivity index (χ2n) is 8.41. The van der Waals surface area contributed by atoms with E-state index in [0.29, 0.717) is 11.3 Å². The molecule has 0 aromatic rings. The van der Waals surface area contributed by atoms with Gasteiger partial charge in [0.05, 0.1) is 0 Å². The molecule has 2 saturated heterocycles. The highest BCUT2D eigenvalue weighted by Gasteiger charge is 2.38. The smallest absolute Gasteiger partial charge is 0.225 e. The summed E-state index contributed by atoms with van der Waals surface area (Å²) < 4.78 is 0. The molecule has 3 nitrogen and oxygen atoms in total. The van der Waals surface area contributed by atoms with Crippen LogP contribution in [0.3, 0.4) is 0 Å². The first kappa shape index (κ1) is 16.3. The first-order chi connectivity index (χ1) is 10.6. The van der Waals surface area contributed by atoms with Gasteiger partial charge >= 0.3 is 0 Å². The van der Waals surface area contributed by atoms with Gasteiger partial charge in [-0.1, -0.05) is 26.7 Å². The zero-order valence-corrected chi connectivity index (χ0v) is 14.6. The van der Waals surface area contributed by atoms with E-state index in [-0.39, 0.29) is 5.92 Å². The quantitative estimate of drug-likeness (QED) is 0.775. The fourth-order valence-electron chi connectivity index (χ4n) is 4.33. The number of carbonyl (C=O) groups excluding carboxylic acids is 1. The Balaban J connectivity index is 1.38. The normalized spacial score (nSPS) is 25.9. The van der Waals surface area contributed by atoms with Crippen molar-refractivity contribution in [3.8, 4) is 0 Å². The molecule has 1 aliphatic carbocycles. The first-order valence-corrected chi connectivity index (χ1v) is 9.59. The van der Waals surface area contributed by atoms with Crippen molar-refractivity contribution < 1.29 is 4.79 Å². The van der Waals surface area contributed by atoms with Crippen molar-refractivity contribution in [2.24, 2.45) is 17.3 Å². The van der Waals surface area contributed by atoms with E-state index in [1.54, 1.807) is 0 Å². The number of piperidine rings is 2. The van der Waals surface area contributed by atoms with Gasteiger partial charge in [0.15, 0.2) is 0 Å². The fraction of sp³-hybridized carbons (Fsp3) is 0.947. The Morgan fingerprint density at radius 2 is 1.64 bits per heavy atom. The molecule has 126 valence electrons. The summed E-state index contributed by atoms with van der Waals surface area (Å²) in [4.78, 5) is 16.9. The van der Waals surface area contributed by atoms with Crippen LogP contribution in [0.2, 0.25) is 0 Å². The van der Waals surface area contributed by atoms with Gasteiger partial charge in [0.25, 0.3) is 0 Å². The monoisotopic (exact) mass is 306 g/mol. The molecule has 0 atom stereocenters. The van der Waals surface area contributed by atoms with Crippen molar-refractivity contribution in [1.82, 2.24) is 9.80 Å². The SMILES string of the molecule is CC(C)C(=O)N1CCC2(CCN(CCCC3CC3)CC2)CC1. The molecule has 3 aliphatic rings. The van der Waals surface area contributed by atoms with Crippen LogP contribution < -0.4 is 0 Å². The minimum absolute atomic E-state index is 0.155. The van der Waals surface area contributed by atoms with Gasteiger partial charge in [-0.2, -0.15) is 0 Å². The molecule has 0 unspecified atom stereocenters. The van der Waals surface area contributed by atoms with E-state index in [2.05, 4.69) is 9.80 Å². The number of carbonyl (C=O) groups is 1. The lowest BCUT2D eigenvalue weighted by atomic mass is 9.71. The van der Waals surface area contributed by atoms with E-state index < -0.39 is 0 Å². The van der Waals surface area contributed by atoms with E-state index in [4.69, 9.17) is 0 Å². The minimum Gasteiger partial charge on any atom is -0.342 e. The molecule has 2 aliphatic heterocycles. The van der Waals surface area contributed by atoms with Gasteiger partial charge < -0.3 is 9.80 Å². The summed E-state index contributed by atoms with van der Waals surface area (Å²) in [6, 6.07) is 0. The third-order valence-corrected chi connectivity index (χ3v) is 6.33. The van der Waals surface area contributed by atoms with E-state index in [1.165, 1.54) is 71.0 Å². The number of hydrogen-bond donors (Lipinski definition) is 0. The highest BCUT2D eigenvalue weighted by molar-refractivity contribution is 5.78. The molecule has 3 rings (SSSR count). The summed E-state index contributed by atoms with van der Waals surface area (Å²) in [7, 11) is 0. The van der Waals surface area contributed by atoms with E-state index >= 15 is 0 Å². The van der Waals surface area contributed by atoms with Crippen LogP contribution in [0.25, 0.3) is 0 Å². The maximum absolute atomic E-state index is 12.1. The standard InChI is InChI=1S/C19H34N2O/c1-16(2)18(22)21-14-9-19(10-15-21)7-12-20(13-8-19)11-3-4-17-5-6-17/h16-17H,3-15H2,1-2H3.